The van der Waals surface area contributed by atoms with Crippen LogP contribution >= 0.6 is 11.8 Å². The second kappa shape index (κ2) is 10.4. The van der Waals surface area contributed by atoms with Gasteiger partial charge in [-0.3, -0.25) is 5.43 Å². The van der Waals surface area contributed by atoms with Crippen LogP contribution in [0.25, 0.3) is 0 Å². The molecule has 0 aliphatic carbocycles. The van der Waals surface area contributed by atoms with E-state index >= 15 is 0 Å². The number of aromatic nitrogens is 2. The number of rotatable bonds is 9. The zero-order valence-corrected chi connectivity index (χ0v) is 19.1. The summed E-state index contributed by atoms with van der Waals surface area (Å²) in [5.74, 6) is -2.64. The third kappa shape index (κ3) is 5.40. The molecule has 3 heterocycles. The van der Waals surface area contributed by atoms with Crippen molar-refractivity contribution in [1.29, 1.82) is 0 Å². The van der Waals surface area contributed by atoms with Gasteiger partial charge in [-0.2, -0.15) is 0 Å². The molecule has 2 aromatic rings. The molecule has 3 N–H and O–H groups in total. The van der Waals surface area contributed by atoms with E-state index in [0.29, 0.717) is 23.9 Å². The summed E-state index contributed by atoms with van der Waals surface area (Å²) in [6.07, 6.45) is 7.59. The van der Waals surface area contributed by atoms with E-state index in [1.807, 2.05) is 6.07 Å². The number of carbonyl (C=O) groups is 2. The summed E-state index contributed by atoms with van der Waals surface area (Å²) in [6.45, 7) is 4.13. The van der Waals surface area contributed by atoms with Gasteiger partial charge in [0.1, 0.15) is 0 Å². The molecule has 1 fully saturated rings. The van der Waals surface area contributed by atoms with Crippen molar-refractivity contribution in [3.8, 4) is 0 Å². The molecule has 1 unspecified atom stereocenters. The van der Waals surface area contributed by atoms with Crippen molar-refractivity contribution >= 4 is 23.7 Å². The monoisotopic (exact) mass is 472 g/mol. The number of benzene rings is 1. The summed E-state index contributed by atoms with van der Waals surface area (Å²) in [5.41, 5.74) is 4.22. The number of fused-ring (bicyclic) bond motifs is 1. The van der Waals surface area contributed by atoms with Crippen molar-refractivity contribution in [2.75, 3.05) is 31.7 Å². The first-order valence-electron chi connectivity index (χ1n) is 11.1. The van der Waals surface area contributed by atoms with Crippen molar-refractivity contribution in [2.45, 2.75) is 42.3 Å². The predicted molar refractivity (Wildman–Crippen MR) is 123 cm³/mol. The number of carboxylic acids is 2. The molecule has 4 rings (SSSR count). The number of carboxylic acid groups (broad SMARTS) is 2. The highest BCUT2D eigenvalue weighted by molar-refractivity contribution is 8.00. The second-order valence-electron chi connectivity index (χ2n) is 8.16. The molecule has 0 spiro atoms. The second-order valence-corrected chi connectivity index (χ2v) is 9.34. The third-order valence-electron chi connectivity index (χ3n) is 5.80. The van der Waals surface area contributed by atoms with E-state index in [-0.39, 0.29) is 5.57 Å². The standard InChI is InChI=1S/C23H28N4O5S/c28-20(29)14-19(21(30)31)23(17-8-4-3-5-9-17)25-27-15-18(24-22(27)33-23)16-32-13-12-26-10-6-1-2-7-11-26/h3-5,8-9,14-15,25H,1-2,6-7,10-13,16H2,(H,28,29)(H,30,31). The normalized spacial score (nSPS) is 21.3. The lowest BCUT2D eigenvalue weighted by Gasteiger charge is -2.29. The minimum absolute atomic E-state index is 0.285. The fourth-order valence-electron chi connectivity index (χ4n) is 4.20. The van der Waals surface area contributed by atoms with Crippen LogP contribution in [0.2, 0.25) is 0 Å². The molecule has 9 nitrogen and oxygen atoms in total. The number of likely N-dealkylation sites (tertiary alicyclic amines) is 1. The van der Waals surface area contributed by atoms with E-state index in [1.165, 1.54) is 25.7 Å². The molecule has 0 bridgehead atoms. The van der Waals surface area contributed by atoms with Crippen molar-refractivity contribution in [2.24, 2.45) is 0 Å². The Labute approximate surface area is 196 Å². The zero-order valence-electron chi connectivity index (χ0n) is 18.3. The summed E-state index contributed by atoms with van der Waals surface area (Å²) in [7, 11) is 0. The summed E-state index contributed by atoms with van der Waals surface area (Å²) < 4.78 is 7.48. The van der Waals surface area contributed by atoms with E-state index in [9.17, 15) is 19.8 Å². The molecule has 1 aromatic carbocycles. The lowest BCUT2D eigenvalue weighted by atomic mass is 9.98. The predicted octanol–water partition coefficient (Wildman–Crippen LogP) is 2.87. The Bertz CT molecular complexity index is 992. The van der Waals surface area contributed by atoms with Crippen LogP contribution in [0.3, 0.4) is 0 Å². The lowest BCUT2D eigenvalue weighted by molar-refractivity contribution is -0.135. The van der Waals surface area contributed by atoms with Gasteiger partial charge < -0.3 is 19.8 Å². The summed E-state index contributed by atoms with van der Waals surface area (Å²) >= 11 is 1.16. The van der Waals surface area contributed by atoms with Gasteiger partial charge in [0.05, 0.1) is 30.7 Å². The van der Waals surface area contributed by atoms with Gasteiger partial charge in [-0.05, 0) is 43.3 Å². The van der Waals surface area contributed by atoms with Crippen LogP contribution in [0.1, 0.15) is 36.9 Å². The van der Waals surface area contributed by atoms with Crippen LogP contribution in [0.5, 0.6) is 0 Å². The quantitative estimate of drug-likeness (QED) is 0.374. The molecule has 2 aliphatic heterocycles. The first kappa shape index (κ1) is 23.3. The summed E-state index contributed by atoms with van der Waals surface area (Å²) in [5, 5.41) is 19.6. The van der Waals surface area contributed by atoms with Crippen LogP contribution in [-0.4, -0.2) is 63.0 Å². The van der Waals surface area contributed by atoms with Crippen molar-refractivity contribution < 1.29 is 24.5 Å². The van der Waals surface area contributed by atoms with Crippen LogP contribution in [0, 0.1) is 0 Å². The Morgan fingerprint density at radius 3 is 2.52 bits per heavy atom. The smallest absolute Gasteiger partial charge is 0.335 e. The van der Waals surface area contributed by atoms with Gasteiger partial charge >= 0.3 is 11.9 Å². The fraction of sp³-hybridized carbons (Fsp3) is 0.435. The van der Waals surface area contributed by atoms with E-state index < -0.39 is 16.8 Å². The maximum atomic E-state index is 12.0. The number of imidazole rings is 1. The van der Waals surface area contributed by atoms with Gasteiger partial charge in [0.25, 0.3) is 0 Å². The van der Waals surface area contributed by atoms with E-state index in [1.54, 1.807) is 35.1 Å². The molecular weight excluding hydrogens is 444 g/mol. The van der Waals surface area contributed by atoms with Gasteiger partial charge in [0, 0.05) is 12.6 Å². The molecule has 176 valence electrons. The van der Waals surface area contributed by atoms with Crippen LogP contribution < -0.4 is 5.43 Å². The first-order valence-corrected chi connectivity index (χ1v) is 11.9. The summed E-state index contributed by atoms with van der Waals surface area (Å²) in [6, 6.07) is 8.90. The largest absolute Gasteiger partial charge is 0.478 e. The van der Waals surface area contributed by atoms with E-state index in [4.69, 9.17) is 4.74 Å². The number of thioether (sulfide) groups is 1. The minimum atomic E-state index is -1.33. The van der Waals surface area contributed by atoms with Gasteiger partial charge in [0.15, 0.2) is 10.0 Å². The molecule has 1 aromatic heterocycles. The first-order chi connectivity index (χ1) is 16.0. The number of aliphatic carboxylic acids is 2. The maximum Gasteiger partial charge on any atom is 0.335 e. The molecule has 0 saturated carbocycles. The van der Waals surface area contributed by atoms with Gasteiger partial charge in [-0.15, -0.1) is 0 Å². The molecule has 1 saturated heterocycles. The molecule has 33 heavy (non-hydrogen) atoms. The highest BCUT2D eigenvalue weighted by atomic mass is 32.2. The molecule has 0 amide bonds. The third-order valence-corrected chi connectivity index (χ3v) is 7.13. The molecule has 2 aliphatic rings. The molecule has 0 radical (unpaired) electrons. The Hall–Kier alpha value is -2.82. The SMILES string of the molecule is O=C(O)C=C(C(=O)O)C1(c2ccccc2)Nn2cc(COCCN3CCCCCC3)nc2S1. The Morgan fingerprint density at radius 2 is 1.88 bits per heavy atom. The topological polar surface area (TPSA) is 117 Å². The van der Waals surface area contributed by atoms with E-state index in [0.717, 1.165) is 43.2 Å². The number of nitrogens with one attached hydrogen (secondary N) is 1. The van der Waals surface area contributed by atoms with Gasteiger partial charge in [0.2, 0.25) is 0 Å². The summed E-state index contributed by atoms with van der Waals surface area (Å²) in [4.78, 5) is 29.1. The van der Waals surface area contributed by atoms with Crippen molar-refractivity contribution in [1.82, 2.24) is 14.6 Å². The fourth-order valence-corrected chi connectivity index (χ4v) is 5.48. The van der Waals surface area contributed by atoms with Gasteiger partial charge in [-0.25, -0.2) is 19.2 Å². The molecule has 10 heteroatoms. The number of ether oxygens (including phenoxy) is 1. The van der Waals surface area contributed by atoms with Crippen LogP contribution in [0.15, 0.2) is 53.3 Å². The highest BCUT2D eigenvalue weighted by Crippen LogP contribution is 2.49. The van der Waals surface area contributed by atoms with Crippen molar-refractivity contribution in [3.05, 3.63) is 59.4 Å². The molecular formula is C23H28N4O5S. The maximum absolute atomic E-state index is 12.0. The number of hydrogen-bond acceptors (Lipinski definition) is 7. The highest BCUT2D eigenvalue weighted by Gasteiger charge is 2.47. The average Bonchev–Trinajstić information content (AvgIpc) is 3.21. The lowest BCUT2D eigenvalue weighted by Crippen LogP contribution is -2.38. The average molecular weight is 473 g/mol. The van der Waals surface area contributed by atoms with Crippen LogP contribution in [0.4, 0.5) is 0 Å². The Morgan fingerprint density at radius 1 is 1.15 bits per heavy atom. The number of hydrogen-bond donors (Lipinski definition) is 3. The molecule has 1 atom stereocenters. The number of nitrogens with zero attached hydrogens (tertiary/aromatic N) is 3. The Kier molecular flexibility index (Phi) is 7.36. The van der Waals surface area contributed by atoms with Crippen LogP contribution in [-0.2, 0) is 25.8 Å². The zero-order chi connectivity index (χ0) is 23.3. The Balaban J connectivity index is 1.45. The minimum Gasteiger partial charge on any atom is -0.478 e. The van der Waals surface area contributed by atoms with Crippen molar-refractivity contribution in [3.63, 3.8) is 0 Å². The van der Waals surface area contributed by atoms with Gasteiger partial charge in [-0.1, -0.05) is 43.2 Å². The van der Waals surface area contributed by atoms with E-state index in [2.05, 4.69) is 15.3 Å².